The van der Waals surface area contributed by atoms with E-state index in [-0.39, 0.29) is 16.4 Å². The number of aromatic nitrogens is 3. The van der Waals surface area contributed by atoms with E-state index in [0.29, 0.717) is 19.2 Å². The highest BCUT2D eigenvalue weighted by Crippen LogP contribution is 2.58. The van der Waals surface area contributed by atoms with Gasteiger partial charge in [0.1, 0.15) is 11.0 Å². The lowest BCUT2D eigenvalue weighted by Crippen LogP contribution is -2.23. The van der Waals surface area contributed by atoms with E-state index in [0.717, 1.165) is 24.7 Å². The van der Waals surface area contributed by atoms with Crippen molar-refractivity contribution in [1.29, 1.82) is 0 Å². The summed E-state index contributed by atoms with van der Waals surface area (Å²) in [7, 11) is -3.79. The highest BCUT2D eigenvalue weighted by Gasteiger charge is 2.52. The molecule has 1 spiro atoms. The van der Waals surface area contributed by atoms with E-state index in [1.54, 1.807) is 17.2 Å². The molecular weight excluding hydrogens is 386 g/mol. The largest absolute Gasteiger partial charge is 0.325 e. The normalized spacial score (nSPS) is 18.3. The van der Waals surface area contributed by atoms with E-state index < -0.39 is 26.6 Å². The van der Waals surface area contributed by atoms with Crippen molar-refractivity contribution in [3.8, 4) is 0 Å². The van der Waals surface area contributed by atoms with E-state index in [4.69, 9.17) is 11.6 Å². The first kappa shape index (κ1) is 17.5. The highest BCUT2D eigenvalue weighted by atomic mass is 35.5. The lowest BCUT2D eigenvalue weighted by Gasteiger charge is -2.21. The average Bonchev–Trinajstić information content (AvgIpc) is 3.23. The Morgan fingerprint density at radius 1 is 1.27 bits per heavy atom. The van der Waals surface area contributed by atoms with E-state index in [1.165, 1.54) is 6.07 Å². The minimum atomic E-state index is -3.79. The van der Waals surface area contributed by atoms with Crippen molar-refractivity contribution in [2.24, 2.45) is 0 Å². The van der Waals surface area contributed by atoms with Gasteiger partial charge in [-0.25, -0.2) is 23.4 Å². The fourth-order valence-electron chi connectivity index (χ4n) is 3.25. The SMILES string of the molecule is CC(F)(F)c1nc(N2CC3(CC3)c3cnc(Cl)cc32)cc(S(C)(=O)=O)n1. The van der Waals surface area contributed by atoms with Crippen molar-refractivity contribution in [2.75, 3.05) is 17.7 Å². The van der Waals surface area contributed by atoms with Gasteiger partial charge in [-0.05, 0) is 18.9 Å². The molecule has 0 unspecified atom stereocenters. The van der Waals surface area contributed by atoms with Crippen LogP contribution in [0, 0.1) is 0 Å². The zero-order valence-corrected chi connectivity index (χ0v) is 15.6. The molecule has 0 bridgehead atoms. The molecule has 3 heterocycles. The second kappa shape index (κ2) is 5.32. The molecule has 1 saturated carbocycles. The maximum absolute atomic E-state index is 13.8. The second-order valence-corrected chi connectivity index (χ2v) is 9.29. The predicted octanol–water partition coefficient (Wildman–Crippen LogP) is 3.22. The zero-order chi connectivity index (χ0) is 18.9. The van der Waals surface area contributed by atoms with Crippen molar-refractivity contribution in [3.63, 3.8) is 0 Å². The van der Waals surface area contributed by atoms with Gasteiger partial charge in [0.2, 0.25) is 5.82 Å². The number of sulfone groups is 1. The van der Waals surface area contributed by atoms with Gasteiger partial charge in [0.15, 0.2) is 14.9 Å². The molecule has 138 valence electrons. The van der Waals surface area contributed by atoms with Crippen LogP contribution in [0.5, 0.6) is 0 Å². The lowest BCUT2D eigenvalue weighted by atomic mass is 10.0. The summed E-state index contributed by atoms with van der Waals surface area (Å²) in [4.78, 5) is 13.4. The summed E-state index contributed by atoms with van der Waals surface area (Å²) in [6.45, 7) is 1.15. The van der Waals surface area contributed by atoms with Gasteiger partial charge in [-0.2, -0.15) is 8.78 Å². The molecule has 6 nitrogen and oxygen atoms in total. The molecule has 1 fully saturated rings. The third-order valence-electron chi connectivity index (χ3n) is 4.76. The number of nitrogens with zero attached hydrogens (tertiary/aromatic N) is 4. The first-order valence-corrected chi connectivity index (χ1v) is 10.2. The average molecular weight is 401 g/mol. The summed E-state index contributed by atoms with van der Waals surface area (Å²) in [5, 5.41) is -0.164. The molecular formula is C16H15ClF2N4O2S. The Labute approximate surface area is 154 Å². The van der Waals surface area contributed by atoms with Gasteiger partial charge in [-0.1, -0.05) is 11.6 Å². The summed E-state index contributed by atoms with van der Waals surface area (Å²) < 4.78 is 51.6. The number of hydrogen-bond acceptors (Lipinski definition) is 6. The van der Waals surface area contributed by atoms with Crippen LogP contribution in [0.1, 0.15) is 31.2 Å². The number of pyridine rings is 1. The van der Waals surface area contributed by atoms with Gasteiger partial charge in [0.25, 0.3) is 0 Å². The molecule has 2 aliphatic rings. The maximum atomic E-state index is 13.8. The molecule has 0 saturated heterocycles. The van der Waals surface area contributed by atoms with Gasteiger partial charge in [-0.15, -0.1) is 0 Å². The molecule has 0 amide bonds. The van der Waals surface area contributed by atoms with Crippen LogP contribution in [0.3, 0.4) is 0 Å². The van der Waals surface area contributed by atoms with Crippen LogP contribution in [0.4, 0.5) is 20.3 Å². The van der Waals surface area contributed by atoms with Crippen LogP contribution in [-0.2, 0) is 21.2 Å². The molecule has 0 atom stereocenters. The smallest absolute Gasteiger partial charge is 0.303 e. The Morgan fingerprint density at radius 3 is 2.54 bits per heavy atom. The first-order valence-electron chi connectivity index (χ1n) is 7.91. The van der Waals surface area contributed by atoms with Crippen molar-refractivity contribution in [3.05, 3.63) is 34.9 Å². The summed E-state index contributed by atoms with van der Waals surface area (Å²) in [6, 6.07) is 2.88. The van der Waals surface area contributed by atoms with Gasteiger partial charge in [0.05, 0.1) is 5.69 Å². The highest BCUT2D eigenvalue weighted by molar-refractivity contribution is 7.90. The molecule has 0 N–H and O–H groups in total. The predicted molar refractivity (Wildman–Crippen MR) is 91.9 cm³/mol. The van der Waals surface area contributed by atoms with E-state index in [9.17, 15) is 17.2 Å². The van der Waals surface area contributed by atoms with E-state index >= 15 is 0 Å². The Hall–Kier alpha value is -1.87. The van der Waals surface area contributed by atoms with Crippen molar-refractivity contribution in [1.82, 2.24) is 15.0 Å². The van der Waals surface area contributed by atoms with Crippen LogP contribution < -0.4 is 4.90 Å². The van der Waals surface area contributed by atoms with Crippen LogP contribution in [0.2, 0.25) is 5.15 Å². The Bertz CT molecular complexity index is 1020. The molecule has 0 aromatic carbocycles. The van der Waals surface area contributed by atoms with E-state index in [2.05, 4.69) is 15.0 Å². The number of alkyl halides is 2. The molecule has 26 heavy (non-hydrogen) atoms. The Balaban J connectivity index is 1.91. The lowest BCUT2D eigenvalue weighted by molar-refractivity contribution is 0.00713. The topological polar surface area (TPSA) is 76.1 Å². The molecule has 2 aromatic rings. The first-order chi connectivity index (χ1) is 12.0. The fourth-order valence-corrected chi connectivity index (χ4v) is 3.97. The summed E-state index contributed by atoms with van der Waals surface area (Å²) in [6.07, 6.45) is 4.51. The number of halogens is 3. The molecule has 1 aliphatic carbocycles. The van der Waals surface area contributed by atoms with Gasteiger partial charge in [0, 0.05) is 43.0 Å². The monoisotopic (exact) mass is 400 g/mol. The van der Waals surface area contributed by atoms with Crippen molar-refractivity contribution < 1.29 is 17.2 Å². The number of fused-ring (bicyclic) bond motifs is 2. The summed E-state index contributed by atoms with van der Waals surface area (Å²) >= 11 is 6.01. The van der Waals surface area contributed by atoms with Gasteiger partial charge >= 0.3 is 5.92 Å². The quantitative estimate of drug-likeness (QED) is 0.581. The number of anilines is 2. The fraction of sp³-hybridized carbons (Fsp3) is 0.438. The standard InChI is InChI=1S/C16H15ClF2N4O2S/c1-15(18,19)14-21-12(6-13(22-14)26(2,24)25)23-8-16(3-4-16)9-7-20-11(17)5-10(9)23/h5-7H,3-4,8H2,1-2H3. The molecule has 0 radical (unpaired) electrons. The molecule has 4 rings (SSSR count). The number of rotatable bonds is 3. The summed E-state index contributed by atoms with van der Waals surface area (Å²) in [5.41, 5.74) is 1.59. The maximum Gasteiger partial charge on any atom is 0.303 e. The van der Waals surface area contributed by atoms with Crippen LogP contribution in [0.25, 0.3) is 0 Å². The summed E-state index contributed by atoms with van der Waals surface area (Å²) in [5.74, 6) is -4.08. The molecule has 2 aromatic heterocycles. The third-order valence-corrected chi connectivity index (χ3v) is 5.94. The second-order valence-electron chi connectivity index (χ2n) is 6.94. The Morgan fingerprint density at radius 2 is 1.96 bits per heavy atom. The van der Waals surface area contributed by atoms with Crippen LogP contribution >= 0.6 is 11.6 Å². The van der Waals surface area contributed by atoms with Crippen molar-refractivity contribution >= 4 is 32.9 Å². The molecule has 1 aliphatic heterocycles. The zero-order valence-electron chi connectivity index (χ0n) is 14.0. The van der Waals surface area contributed by atoms with Crippen LogP contribution in [-0.4, -0.2) is 36.2 Å². The minimum Gasteiger partial charge on any atom is -0.325 e. The van der Waals surface area contributed by atoms with E-state index in [1.807, 2.05) is 0 Å². The number of hydrogen-bond donors (Lipinski definition) is 0. The van der Waals surface area contributed by atoms with Crippen LogP contribution in [0.15, 0.2) is 23.4 Å². The van der Waals surface area contributed by atoms with Crippen molar-refractivity contribution in [2.45, 2.75) is 36.1 Å². The third kappa shape index (κ3) is 2.83. The Kier molecular flexibility index (Phi) is 3.59. The van der Waals surface area contributed by atoms with Gasteiger partial charge in [-0.3, -0.25) is 0 Å². The minimum absolute atomic E-state index is 0.0992. The molecule has 10 heteroatoms. The van der Waals surface area contributed by atoms with Gasteiger partial charge < -0.3 is 4.90 Å².